The molecule has 0 amide bonds. The van der Waals surface area contributed by atoms with E-state index in [4.69, 9.17) is 15.2 Å². The van der Waals surface area contributed by atoms with E-state index >= 15 is 0 Å². The van der Waals surface area contributed by atoms with Crippen LogP contribution in [0.5, 0.6) is 5.75 Å². The molecule has 2 aromatic rings. The van der Waals surface area contributed by atoms with E-state index in [0.717, 1.165) is 48.6 Å². The quantitative estimate of drug-likeness (QED) is 0.872. The molecule has 0 radical (unpaired) electrons. The van der Waals surface area contributed by atoms with Crippen molar-refractivity contribution in [1.29, 1.82) is 0 Å². The average Bonchev–Trinajstić information content (AvgIpc) is 3.01. The fourth-order valence-electron chi connectivity index (χ4n) is 2.95. The van der Waals surface area contributed by atoms with Crippen molar-refractivity contribution in [2.24, 2.45) is 5.73 Å². The molecule has 3 rings (SSSR count). The molecule has 0 unspecified atom stereocenters. The largest absolute Gasteiger partial charge is 0.492 e. The molecule has 1 aliphatic heterocycles. The highest BCUT2D eigenvalue weighted by molar-refractivity contribution is 5.63. The monoisotopic (exact) mass is 344 g/mol. The Hall–Kier alpha value is -1.92. The van der Waals surface area contributed by atoms with Crippen molar-refractivity contribution in [3.63, 3.8) is 0 Å². The zero-order valence-corrected chi connectivity index (χ0v) is 15.4. The lowest BCUT2D eigenvalue weighted by Gasteiger charge is -2.21. The molecule has 1 saturated heterocycles. The first-order valence-corrected chi connectivity index (χ1v) is 8.95. The number of benzene rings is 1. The van der Waals surface area contributed by atoms with Crippen molar-refractivity contribution in [1.82, 2.24) is 15.0 Å². The van der Waals surface area contributed by atoms with E-state index in [2.05, 4.69) is 17.2 Å². The molecule has 136 valence electrons. The molecule has 6 heteroatoms. The molecule has 0 saturated carbocycles. The maximum Gasteiger partial charge on any atom is 0.119 e. The smallest absolute Gasteiger partial charge is 0.119 e. The van der Waals surface area contributed by atoms with E-state index in [1.807, 2.05) is 42.9 Å². The van der Waals surface area contributed by atoms with Crippen molar-refractivity contribution < 1.29 is 9.47 Å². The Balaban J connectivity index is 1.67. The first-order chi connectivity index (χ1) is 11.9. The van der Waals surface area contributed by atoms with Gasteiger partial charge in [0.25, 0.3) is 0 Å². The van der Waals surface area contributed by atoms with Crippen molar-refractivity contribution in [3.05, 3.63) is 30.0 Å². The molecule has 0 aliphatic carbocycles. The number of aryl methyl sites for hydroxylation is 1. The number of nitrogens with zero attached hydrogens (tertiary/aromatic N) is 3. The summed E-state index contributed by atoms with van der Waals surface area (Å²) in [5, 5.41) is 8.58. The zero-order valence-electron chi connectivity index (χ0n) is 15.4. The minimum Gasteiger partial charge on any atom is -0.492 e. The lowest BCUT2D eigenvalue weighted by Crippen LogP contribution is -2.38. The van der Waals surface area contributed by atoms with E-state index in [1.54, 1.807) is 0 Å². The highest BCUT2D eigenvalue weighted by Gasteiger charge is 2.16. The number of aromatic nitrogens is 3. The van der Waals surface area contributed by atoms with Gasteiger partial charge in [0.05, 0.1) is 18.8 Å². The van der Waals surface area contributed by atoms with Gasteiger partial charge in [0.1, 0.15) is 18.1 Å². The molecule has 6 nitrogen and oxygen atoms in total. The van der Waals surface area contributed by atoms with Gasteiger partial charge in [0.2, 0.25) is 0 Å². The Bertz CT molecular complexity index is 700. The maximum atomic E-state index is 5.97. The fourth-order valence-corrected chi connectivity index (χ4v) is 2.95. The highest BCUT2D eigenvalue weighted by Crippen LogP contribution is 2.26. The van der Waals surface area contributed by atoms with Gasteiger partial charge in [-0.1, -0.05) is 5.21 Å². The maximum absolute atomic E-state index is 5.97. The number of nitrogens with two attached hydrogens (primary N) is 1. The Morgan fingerprint density at radius 3 is 2.88 bits per heavy atom. The molecule has 0 spiro atoms. The zero-order chi connectivity index (χ0) is 17.9. The van der Waals surface area contributed by atoms with Crippen molar-refractivity contribution in [2.45, 2.75) is 58.2 Å². The molecule has 1 fully saturated rings. The van der Waals surface area contributed by atoms with Gasteiger partial charge >= 0.3 is 0 Å². The second-order valence-corrected chi connectivity index (χ2v) is 7.57. The Labute approximate surface area is 149 Å². The summed E-state index contributed by atoms with van der Waals surface area (Å²) in [5.74, 6) is 0.822. The molecule has 1 aromatic heterocycles. The third-order valence-electron chi connectivity index (χ3n) is 4.29. The van der Waals surface area contributed by atoms with E-state index in [1.165, 1.54) is 6.42 Å². The van der Waals surface area contributed by atoms with Gasteiger partial charge in [-0.05, 0) is 63.8 Å². The summed E-state index contributed by atoms with van der Waals surface area (Å²) in [5.41, 5.74) is 8.66. The molecule has 1 aliphatic rings. The van der Waals surface area contributed by atoms with Gasteiger partial charge in [0.15, 0.2) is 0 Å². The molecule has 1 aromatic carbocycles. The Morgan fingerprint density at radius 1 is 1.36 bits per heavy atom. The molecular weight excluding hydrogens is 316 g/mol. The predicted octanol–water partition coefficient (Wildman–Crippen LogP) is 2.94. The topological polar surface area (TPSA) is 75.2 Å². The molecule has 25 heavy (non-hydrogen) atoms. The van der Waals surface area contributed by atoms with Gasteiger partial charge in [-0.3, -0.25) is 0 Å². The second kappa shape index (κ2) is 7.54. The summed E-state index contributed by atoms with van der Waals surface area (Å²) in [6, 6.07) is 6.00. The van der Waals surface area contributed by atoms with Crippen molar-refractivity contribution in [2.75, 3.05) is 13.2 Å². The van der Waals surface area contributed by atoms with Crippen LogP contribution in [0.1, 0.15) is 38.7 Å². The van der Waals surface area contributed by atoms with Crippen molar-refractivity contribution >= 4 is 0 Å². The number of hydrogen-bond acceptors (Lipinski definition) is 5. The van der Waals surface area contributed by atoms with Crippen LogP contribution >= 0.6 is 0 Å². The third-order valence-corrected chi connectivity index (χ3v) is 4.29. The van der Waals surface area contributed by atoms with Crippen LogP contribution in [0, 0.1) is 6.92 Å². The van der Waals surface area contributed by atoms with Gasteiger partial charge < -0.3 is 15.2 Å². The summed E-state index contributed by atoms with van der Waals surface area (Å²) < 4.78 is 13.4. The molecule has 0 bridgehead atoms. The second-order valence-electron chi connectivity index (χ2n) is 7.57. The minimum absolute atomic E-state index is 0.250. The van der Waals surface area contributed by atoms with Crippen LogP contribution < -0.4 is 10.5 Å². The fraction of sp³-hybridized carbons (Fsp3) is 0.579. The van der Waals surface area contributed by atoms with Gasteiger partial charge in [0, 0.05) is 17.7 Å². The van der Waals surface area contributed by atoms with E-state index in [0.29, 0.717) is 6.61 Å². The standard InChI is InChI=1S/C19H28N4O2/c1-14-10-15(25-13-19(2,3)20)7-8-17(14)18-12-23(22-21-18)11-16-6-4-5-9-24-16/h7-8,10,12,16H,4-6,9,11,13,20H2,1-3H3/t16-/m1/s1. The molecule has 2 heterocycles. The van der Waals surface area contributed by atoms with Gasteiger partial charge in [-0.2, -0.15) is 0 Å². The van der Waals surface area contributed by atoms with Gasteiger partial charge in [-0.15, -0.1) is 5.10 Å². The minimum atomic E-state index is -0.351. The van der Waals surface area contributed by atoms with Crippen LogP contribution in [0.4, 0.5) is 0 Å². The van der Waals surface area contributed by atoms with Crippen molar-refractivity contribution in [3.8, 4) is 17.0 Å². The number of hydrogen-bond donors (Lipinski definition) is 1. The Morgan fingerprint density at radius 2 is 2.20 bits per heavy atom. The van der Waals surface area contributed by atoms with Crippen LogP contribution in [-0.2, 0) is 11.3 Å². The molecular formula is C19H28N4O2. The Kier molecular flexibility index (Phi) is 5.39. The average molecular weight is 344 g/mol. The predicted molar refractivity (Wildman–Crippen MR) is 97.5 cm³/mol. The summed E-state index contributed by atoms with van der Waals surface area (Å²) in [6.45, 7) is 8.04. The van der Waals surface area contributed by atoms with Crippen LogP contribution in [0.15, 0.2) is 24.4 Å². The summed E-state index contributed by atoms with van der Waals surface area (Å²) in [4.78, 5) is 0. The van der Waals surface area contributed by atoms with Gasteiger partial charge in [-0.25, -0.2) is 4.68 Å². The summed E-state index contributed by atoms with van der Waals surface area (Å²) >= 11 is 0. The summed E-state index contributed by atoms with van der Waals surface area (Å²) in [7, 11) is 0. The lowest BCUT2D eigenvalue weighted by molar-refractivity contribution is 0.00370. The first kappa shape index (κ1) is 17.9. The number of rotatable bonds is 6. The van der Waals surface area contributed by atoms with E-state index in [-0.39, 0.29) is 11.6 Å². The van der Waals surface area contributed by atoms with Crippen LogP contribution in [0.2, 0.25) is 0 Å². The SMILES string of the molecule is Cc1cc(OCC(C)(C)N)ccc1-c1cn(C[C@H]2CCCCO2)nn1. The normalized spacial score (nSPS) is 18.3. The number of ether oxygens (including phenoxy) is 2. The molecule has 2 N–H and O–H groups in total. The molecule has 1 atom stereocenters. The lowest BCUT2D eigenvalue weighted by atomic mass is 10.1. The highest BCUT2D eigenvalue weighted by atomic mass is 16.5. The van der Waals surface area contributed by atoms with Crippen LogP contribution in [0.3, 0.4) is 0 Å². The van der Waals surface area contributed by atoms with E-state index in [9.17, 15) is 0 Å². The third kappa shape index (κ3) is 5.03. The first-order valence-electron chi connectivity index (χ1n) is 8.95. The van der Waals surface area contributed by atoms with E-state index < -0.39 is 0 Å². The van der Waals surface area contributed by atoms with Crippen LogP contribution in [0.25, 0.3) is 11.3 Å². The summed E-state index contributed by atoms with van der Waals surface area (Å²) in [6.07, 6.45) is 5.72. The van der Waals surface area contributed by atoms with Crippen LogP contribution in [-0.4, -0.2) is 39.9 Å².